The van der Waals surface area contributed by atoms with E-state index in [2.05, 4.69) is 35.6 Å². The van der Waals surface area contributed by atoms with Crippen LogP contribution in [0.15, 0.2) is 59.4 Å². The SMILES string of the molecule is FC(F)(F)c1nc(-c2cc(C3CCN(c4ccnc5ccccc45)CC3)ccn2)no1. The highest BCUT2D eigenvalue weighted by Gasteiger charge is 2.38. The second-order valence-corrected chi connectivity index (χ2v) is 7.50. The van der Waals surface area contributed by atoms with Crippen molar-refractivity contribution < 1.29 is 17.7 Å². The van der Waals surface area contributed by atoms with Gasteiger partial charge in [-0.15, -0.1) is 0 Å². The van der Waals surface area contributed by atoms with Crippen LogP contribution < -0.4 is 4.90 Å². The fourth-order valence-electron chi connectivity index (χ4n) is 4.08. The lowest BCUT2D eigenvalue weighted by molar-refractivity contribution is -0.159. The number of benzene rings is 1. The molecule has 0 atom stereocenters. The Kier molecular flexibility index (Phi) is 4.80. The number of anilines is 1. The summed E-state index contributed by atoms with van der Waals surface area (Å²) >= 11 is 0. The smallest absolute Gasteiger partial charge is 0.371 e. The minimum absolute atomic E-state index is 0.158. The molecule has 0 amide bonds. The van der Waals surface area contributed by atoms with Crippen LogP contribution in [0.1, 0.15) is 30.2 Å². The Balaban J connectivity index is 1.33. The molecule has 1 aromatic carbocycles. The van der Waals surface area contributed by atoms with Crippen molar-refractivity contribution in [3.63, 3.8) is 0 Å². The van der Waals surface area contributed by atoms with Crippen LogP contribution in [0.4, 0.5) is 18.9 Å². The van der Waals surface area contributed by atoms with Crippen LogP contribution >= 0.6 is 0 Å². The third-order valence-electron chi connectivity index (χ3n) is 5.61. The van der Waals surface area contributed by atoms with E-state index in [4.69, 9.17) is 0 Å². The van der Waals surface area contributed by atoms with Gasteiger partial charge in [-0.3, -0.25) is 9.97 Å². The molecule has 0 radical (unpaired) electrons. The van der Waals surface area contributed by atoms with Crippen LogP contribution in [-0.4, -0.2) is 33.2 Å². The van der Waals surface area contributed by atoms with Gasteiger partial charge in [-0.25, -0.2) is 0 Å². The molecule has 158 valence electrons. The second-order valence-electron chi connectivity index (χ2n) is 7.50. The molecule has 0 spiro atoms. The number of pyridine rings is 2. The topological polar surface area (TPSA) is 67.9 Å². The molecule has 1 aliphatic heterocycles. The maximum absolute atomic E-state index is 12.7. The van der Waals surface area contributed by atoms with Crippen molar-refractivity contribution in [1.82, 2.24) is 20.1 Å². The van der Waals surface area contributed by atoms with Gasteiger partial charge in [-0.2, -0.15) is 18.2 Å². The largest absolute Gasteiger partial charge is 0.471 e. The lowest BCUT2D eigenvalue weighted by atomic mass is 9.89. The zero-order valence-electron chi connectivity index (χ0n) is 16.4. The number of piperidine rings is 1. The van der Waals surface area contributed by atoms with E-state index in [0.717, 1.165) is 42.4 Å². The van der Waals surface area contributed by atoms with Crippen molar-refractivity contribution in [2.45, 2.75) is 24.9 Å². The van der Waals surface area contributed by atoms with Crippen LogP contribution in [0.5, 0.6) is 0 Å². The predicted molar refractivity (Wildman–Crippen MR) is 108 cm³/mol. The molecular weight excluding hydrogens is 407 g/mol. The van der Waals surface area contributed by atoms with Crippen LogP contribution in [-0.2, 0) is 6.18 Å². The summed E-state index contributed by atoms with van der Waals surface area (Å²) in [6, 6.07) is 13.8. The third kappa shape index (κ3) is 3.83. The van der Waals surface area contributed by atoms with Gasteiger partial charge in [0, 0.05) is 36.6 Å². The molecule has 4 heterocycles. The van der Waals surface area contributed by atoms with Crippen LogP contribution in [0, 0.1) is 0 Å². The number of rotatable bonds is 3. The summed E-state index contributed by atoms with van der Waals surface area (Å²) in [5.41, 5.74) is 3.44. The lowest BCUT2D eigenvalue weighted by Gasteiger charge is -2.34. The predicted octanol–water partition coefficient (Wildman–Crippen LogP) is 5.08. The summed E-state index contributed by atoms with van der Waals surface area (Å²) in [5, 5.41) is 4.57. The monoisotopic (exact) mass is 425 g/mol. The van der Waals surface area contributed by atoms with Crippen molar-refractivity contribution in [1.29, 1.82) is 0 Å². The minimum Gasteiger partial charge on any atom is -0.371 e. The molecule has 31 heavy (non-hydrogen) atoms. The number of aromatic nitrogens is 4. The first-order valence-electron chi connectivity index (χ1n) is 9.95. The molecular formula is C22H18F3N5O. The molecule has 0 saturated carbocycles. The number of hydrogen-bond donors (Lipinski definition) is 0. The summed E-state index contributed by atoms with van der Waals surface area (Å²) in [6.45, 7) is 1.74. The van der Waals surface area contributed by atoms with Gasteiger partial charge < -0.3 is 9.42 Å². The quantitative estimate of drug-likeness (QED) is 0.456. The summed E-state index contributed by atoms with van der Waals surface area (Å²) in [6.07, 6.45) is 0.573. The normalized spacial score (nSPS) is 15.5. The molecule has 0 unspecified atom stereocenters. The van der Waals surface area contributed by atoms with Gasteiger partial charge in [-0.05, 0) is 48.6 Å². The van der Waals surface area contributed by atoms with E-state index >= 15 is 0 Å². The minimum atomic E-state index is -4.67. The van der Waals surface area contributed by atoms with E-state index in [1.165, 1.54) is 5.69 Å². The highest BCUT2D eigenvalue weighted by molar-refractivity contribution is 5.91. The van der Waals surface area contributed by atoms with E-state index in [1.807, 2.05) is 36.5 Å². The summed E-state index contributed by atoms with van der Waals surface area (Å²) in [7, 11) is 0. The Bertz CT molecular complexity index is 1210. The fraction of sp³-hybridized carbons (Fsp3) is 0.273. The van der Waals surface area contributed by atoms with Crippen molar-refractivity contribution in [2.24, 2.45) is 0 Å². The van der Waals surface area contributed by atoms with Gasteiger partial charge in [0.05, 0.1) is 5.52 Å². The van der Waals surface area contributed by atoms with E-state index in [0.29, 0.717) is 0 Å². The Labute approximate surface area is 175 Å². The van der Waals surface area contributed by atoms with Gasteiger partial charge in [0.15, 0.2) is 0 Å². The zero-order chi connectivity index (χ0) is 21.4. The molecule has 1 fully saturated rings. The molecule has 1 saturated heterocycles. The molecule has 0 aliphatic carbocycles. The van der Waals surface area contributed by atoms with Gasteiger partial charge in [0.25, 0.3) is 0 Å². The number of fused-ring (bicyclic) bond motifs is 1. The highest BCUT2D eigenvalue weighted by Crippen LogP contribution is 2.34. The molecule has 0 N–H and O–H groups in total. The maximum atomic E-state index is 12.7. The van der Waals surface area contributed by atoms with Crippen molar-refractivity contribution in [3.8, 4) is 11.5 Å². The van der Waals surface area contributed by atoms with Gasteiger partial charge in [0.1, 0.15) is 5.69 Å². The molecule has 9 heteroatoms. The Morgan fingerprint density at radius 3 is 2.52 bits per heavy atom. The lowest BCUT2D eigenvalue weighted by Crippen LogP contribution is -2.33. The van der Waals surface area contributed by atoms with Crippen LogP contribution in [0.3, 0.4) is 0 Å². The summed E-state index contributed by atoms with van der Waals surface area (Å²) in [5.74, 6) is -1.25. The summed E-state index contributed by atoms with van der Waals surface area (Å²) in [4.78, 5) is 14.4. The first-order chi connectivity index (χ1) is 15.0. The molecule has 5 rings (SSSR count). The highest BCUT2D eigenvalue weighted by atomic mass is 19.4. The number of halogens is 3. The number of alkyl halides is 3. The van der Waals surface area contributed by atoms with E-state index in [1.54, 1.807) is 12.3 Å². The fourth-order valence-corrected chi connectivity index (χ4v) is 4.08. The number of hydrogen-bond acceptors (Lipinski definition) is 6. The zero-order valence-corrected chi connectivity index (χ0v) is 16.4. The van der Waals surface area contributed by atoms with Crippen molar-refractivity contribution in [3.05, 3.63) is 66.3 Å². The van der Waals surface area contributed by atoms with E-state index in [-0.39, 0.29) is 17.4 Å². The summed E-state index contributed by atoms with van der Waals surface area (Å²) < 4.78 is 42.5. The first kappa shape index (κ1) is 19.5. The van der Waals surface area contributed by atoms with E-state index in [9.17, 15) is 13.2 Å². The molecule has 1 aliphatic rings. The van der Waals surface area contributed by atoms with Crippen LogP contribution in [0.2, 0.25) is 0 Å². The Morgan fingerprint density at radius 1 is 0.968 bits per heavy atom. The van der Waals surface area contributed by atoms with Gasteiger partial charge >= 0.3 is 12.1 Å². The second kappa shape index (κ2) is 7.64. The van der Waals surface area contributed by atoms with E-state index < -0.39 is 12.1 Å². The number of nitrogens with zero attached hydrogens (tertiary/aromatic N) is 5. The molecule has 0 bridgehead atoms. The number of para-hydroxylation sites is 1. The van der Waals surface area contributed by atoms with Crippen LogP contribution in [0.25, 0.3) is 22.4 Å². The average molecular weight is 425 g/mol. The Hall–Kier alpha value is -3.49. The average Bonchev–Trinajstić information content (AvgIpc) is 3.30. The van der Waals surface area contributed by atoms with Crippen molar-refractivity contribution in [2.75, 3.05) is 18.0 Å². The maximum Gasteiger partial charge on any atom is 0.471 e. The standard InChI is InChI=1S/C22H18F3N5O/c23-22(24,25)21-28-20(29-31-21)18-13-15(5-9-27-18)14-7-11-30(12-8-14)19-6-10-26-17-4-2-1-3-16(17)19/h1-6,9-10,13-14H,7-8,11-12H2. The molecule has 4 aromatic rings. The van der Waals surface area contributed by atoms with Crippen molar-refractivity contribution >= 4 is 16.6 Å². The van der Waals surface area contributed by atoms with Gasteiger partial charge in [0.2, 0.25) is 5.82 Å². The third-order valence-corrected chi connectivity index (χ3v) is 5.61. The molecule has 3 aromatic heterocycles. The van der Waals surface area contributed by atoms with Gasteiger partial charge in [-0.1, -0.05) is 23.4 Å². The Morgan fingerprint density at radius 2 is 1.74 bits per heavy atom. The first-order valence-corrected chi connectivity index (χ1v) is 9.95. The molecule has 6 nitrogen and oxygen atoms in total.